The lowest BCUT2D eigenvalue weighted by Crippen LogP contribution is -2.45. The topological polar surface area (TPSA) is 77.1 Å². The molecular weight excluding hydrogens is 230 g/mol. The molecule has 0 aliphatic carbocycles. The molecule has 1 aromatic heterocycles. The van der Waals surface area contributed by atoms with Crippen LogP contribution in [-0.2, 0) is 4.74 Å². The van der Waals surface area contributed by atoms with E-state index in [0.717, 1.165) is 32.1 Å². The van der Waals surface area contributed by atoms with Crippen LogP contribution in [0.1, 0.15) is 13.0 Å². The molecular formula is C12H21N5O. The molecule has 2 aliphatic rings. The van der Waals surface area contributed by atoms with Gasteiger partial charge in [-0.2, -0.15) is 5.10 Å². The summed E-state index contributed by atoms with van der Waals surface area (Å²) in [6.45, 7) is 6.36. The number of hydrogen-bond acceptors (Lipinski definition) is 5. The first-order valence-corrected chi connectivity index (χ1v) is 6.50. The van der Waals surface area contributed by atoms with Crippen LogP contribution in [0.15, 0.2) is 12.3 Å². The molecule has 2 saturated heterocycles. The van der Waals surface area contributed by atoms with Crippen LogP contribution in [0.3, 0.4) is 0 Å². The SMILES string of the molecule is CC1(CNc2ccnn2C2CNC2)COCC1N. The second kappa shape index (κ2) is 4.53. The lowest BCUT2D eigenvalue weighted by molar-refractivity contribution is 0.164. The quantitative estimate of drug-likeness (QED) is 0.691. The van der Waals surface area contributed by atoms with Crippen molar-refractivity contribution in [3.63, 3.8) is 0 Å². The van der Waals surface area contributed by atoms with Crippen LogP contribution in [0, 0.1) is 5.41 Å². The monoisotopic (exact) mass is 251 g/mol. The Labute approximate surface area is 107 Å². The molecule has 0 aromatic carbocycles. The van der Waals surface area contributed by atoms with Gasteiger partial charge in [0.15, 0.2) is 0 Å². The van der Waals surface area contributed by atoms with Crippen molar-refractivity contribution in [2.45, 2.75) is 19.0 Å². The number of rotatable bonds is 4. The Balaban J connectivity index is 1.64. The Morgan fingerprint density at radius 3 is 3.11 bits per heavy atom. The Morgan fingerprint density at radius 2 is 2.50 bits per heavy atom. The third kappa shape index (κ3) is 2.00. The predicted molar refractivity (Wildman–Crippen MR) is 69.5 cm³/mol. The number of hydrogen-bond donors (Lipinski definition) is 3. The molecule has 2 aliphatic heterocycles. The van der Waals surface area contributed by atoms with Crippen molar-refractivity contribution >= 4 is 5.82 Å². The van der Waals surface area contributed by atoms with Crippen LogP contribution in [0.2, 0.25) is 0 Å². The van der Waals surface area contributed by atoms with Crippen molar-refractivity contribution in [1.82, 2.24) is 15.1 Å². The zero-order chi connectivity index (χ0) is 12.6. The summed E-state index contributed by atoms with van der Waals surface area (Å²) in [5.41, 5.74) is 6.10. The van der Waals surface area contributed by atoms with Gasteiger partial charge in [0.1, 0.15) is 5.82 Å². The third-order valence-electron chi connectivity index (χ3n) is 4.07. The van der Waals surface area contributed by atoms with Gasteiger partial charge in [-0.15, -0.1) is 0 Å². The first kappa shape index (κ1) is 12.0. The zero-order valence-electron chi connectivity index (χ0n) is 10.7. The van der Waals surface area contributed by atoms with E-state index in [1.165, 1.54) is 0 Å². The zero-order valence-corrected chi connectivity index (χ0v) is 10.7. The fourth-order valence-electron chi connectivity index (χ4n) is 2.39. The van der Waals surface area contributed by atoms with E-state index in [9.17, 15) is 0 Å². The van der Waals surface area contributed by atoms with Crippen molar-refractivity contribution in [3.8, 4) is 0 Å². The molecule has 0 radical (unpaired) electrons. The molecule has 0 amide bonds. The van der Waals surface area contributed by atoms with Crippen LogP contribution < -0.4 is 16.4 Å². The molecule has 3 rings (SSSR count). The molecule has 1 aromatic rings. The van der Waals surface area contributed by atoms with E-state index >= 15 is 0 Å². The summed E-state index contributed by atoms with van der Waals surface area (Å²) in [6, 6.07) is 2.60. The summed E-state index contributed by atoms with van der Waals surface area (Å²) < 4.78 is 7.51. The van der Waals surface area contributed by atoms with Gasteiger partial charge in [0.2, 0.25) is 0 Å². The van der Waals surface area contributed by atoms with E-state index in [1.54, 1.807) is 0 Å². The van der Waals surface area contributed by atoms with Gasteiger partial charge in [-0.25, -0.2) is 4.68 Å². The molecule has 2 atom stereocenters. The minimum absolute atomic E-state index is 0.00691. The summed E-state index contributed by atoms with van der Waals surface area (Å²) in [5.74, 6) is 1.07. The molecule has 0 spiro atoms. The van der Waals surface area contributed by atoms with Gasteiger partial charge in [-0.3, -0.25) is 0 Å². The Morgan fingerprint density at radius 1 is 1.67 bits per heavy atom. The van der Waals surface area contributed by atoms with Gasteiger partial charge in [0.05, 0.1) is 25.5 Å². The molecule has 6 heteroatoms. The van der Waals surface area contributed by atoms with Crippen molar-refractivity contribution in [2.75, 3.05) is 38.2 Å². The molecule has 2 unspecified atom stereocenters. The molecule has 100 valence electrons. The normalized spacial score (nSPS) is 32.4. The number of nitrogens with one attached hydrogen (secondary N) is 2. The van der Waals surface area contributed by atoms with Crippen LogP contribution >= 0.6 is 0 Å². The highest BCUT2D eigenvalue weighted by molar-refractivity contribution is 5.35. The lowest BCUT2D eigenvalue weighted by atomic mass is 9.86. The molecule has 6 nitrogen and oxygen atoms in total. The van der Waals surface area contributed by atoms with Crippen molar-refractivity contribution in [3.05, 3.63) is 12.3 Å². The molecule has 18 heavy (non-hydrogen) atoms. The first-order valence-electron chi connectivity index (χ1n) is 6.50. The molecule has 2 fully saturated rings. The minimum Gasteiger partial charge on any atom is -0.379 e. The summed E-state index contributed by atoms with van der Waals surface area (Å²) >= 11 is 0. The number of aromatic nitrogens is 2. The maximum atomic E-state index is 6.09. The van der Waals surface area contributed by atoms with E-state index in [-0.39, 0.29) is 11.5 Å². The van der Waals surface area contributed by atoms with Gasteiger partial charge < -0.3 is 21.1 Å². The predicted octanol–water partition coefficient (Wildman–Crippen LogP) is -0.197. The van der Waals surface area contributed by atoms with E-state index < -0.39 is 0 Å². The number of nitrogens with zero attached hydrogens (tertiary/aromatic N) is 2. The molecule has 3 heterocycles. The van der Waals surface area contributed by atoms with Crippen molar-refractivity contribution < 1.29 is 4.74 Å². The third-order valence-corrected chi connectivity index (χ3v) is 4.07. The molecule has 0 bridgehead atoms. The maximum Gasteiger partial charge on any atom is 0.124 e. The van der Waals surface area contributed by atoms with E-state index in [2.05, 4.69) is 27.3 Å². The Bertz CT molecular complexity index is 416. The summed E-state index contributed by atoms with van der Waals surface area (Å²) in [7, 11) is 0. The average Bonchev–Trinajstić information content (AvgIpc) is 2.84. The van der Waals surface area contributed by atoms with Gasteiger partial charge in [0.25, 0.3) is 0 Å². The highest BCUT2D eigenvalue weighted by Crippen LogP contribution is 2.28. The molecule has 4 N–H and O–H groups in total. The van der Waals surface area contributed by atoms with Crippen molar-refractivity contribution in [2.24, 2.45) is 11.1 Å². The van der Waals surface area contributed by atoms with E-state index in [4.69, 9.17) is 10.5 Å². The van der Waals surface area contributed by atoms with E-state index in [1.807, 2.05) is 12.3 Å². The number of anilines is 1. The number of ether oxygens (including phenoxy) is 1. The largest absolute Gasteiger partial charge is 0.379 e. The summed E-state index contributed by atoms with van der Waals surface area (Å²) in [5, 5.41) is 11.1. The highest BCUT2D eigenvalue weighted by Gasteiger charge is 2.37. The van der Waals surface area contributed by atoms with Crippen LogP contribution in [0.5, 0.6) is 0 Å². The van der Waals surface area contributed by atoms with Gasteiger partial charge in [0, 0.05) is 37.2 Å². The smallest absolute Gasteiger partial charge is 0.124 e. The van der Waals surface area contributed by atoms with Gasteiger partial charge >= 0.3 is 0 Å². The Hall–Kier alpha value is -1.11. The average molecular weight is 251 g/mol. The second-order valence-electron chi connectivity index (χ2n) is 5.60. The van der Waals surface area contributed by atoms with Crippen LogP contribution in [0.4, 0.5) is 5.82 Å². The fourth-order valence-corrected chi connectivity index (χ4v) is 2.39. The van der Waals surface area contributed by atoms with Gasteiger partial charge in [-0.1, -0.05) is 6.92 Å². The minimum atomic E-state index is 0.00691. The van der Waals surface area contributed by atoms with Crippen LogP contribution in [0.25, 0.3) is 0 Å². The summed E-state index contributed by atoms with van der Waals surface area (Å²) in [6.07, 6.45) is 1.84. The number of nitrogens with two attached hydrogens (primary N) is 1. The van der Waals surface area contributed by atoms with Gasteiger partial charge in [-0.05, 0) is 0 Å². The summed E-state index contributed by atoms with van der Waals surface area (Å²) in [4.78, 5) is 0. The fraction of sp³-hybridized carbons (Fsp3) is 0.750. The lowest BCUT2D eigenvalue weighted by Gasteiger charge is -2.31. The maximum absolute atomic E-state index is 6.09. The molecule has 0 saturated carbocycles. The van der Waals surface area contributed by atoms with Crippen LogP contribution in [-0.4, -0.2) is 48.7 Å². The first-order chi connectivity index (χ1) is 8.69. The van der Waals surface area contributed by atoms with E-state index in [0.29, 0.717) is 12.6 Å². The Kier molecular flexibility index (Phi) is 3.01. The highest BCUT2D eigenvalue weighted by atomic mass is 16.5. The second-order valence-corrected chi connectivity index (χ2v) is 5.60. The van der Waals surface area contributed by atoms with Crippen molar-refractivity contribution in [1.29, 1.82) is 0 Å². The standard InChI is InChI=1S/C12H21N5O/c1-12(8-18-6-10(12)13)7-15-11-2-3-16-17(11)9-4-14-5-9/h2-3,9-10,14-15H,4-8,13H2,1H3.